The molecule has 1 rings (SSSR count). The number of rotatable bonds is 3. The van der Waals surface area contributed by atoms with Gasteiger partial charge in [-0.25, -0.2) is 4.79 Å². The Kier molecular flexibility index (Phi) is 3.64. The quantitative estimate of drug-likeness (QED) is 0.826. The molecule has 0 fully saturated rings. The lowest BCUT2D eigenvalue weighted by molar-refractivity contribution is 0.0696. The number of aromatic nitrogens is 1. The first-order chi connectivity index (χ1) is 6.24. The van der Waals surface area contributed by atoms with Crippen LogP contribution in [0.5, 0.6) is 0 Å². The van der Waals surface area contributed by atoms with Crippen molar-refractivity contribution < 1.29 is 9.90 Å². The summed E-state index contributed by atoms with van der Waals surface area (Å²) in [6, 6.07) is 3.00. The lowest BCUT2D eigenvalue weighted by Crippen LogP contribution is -1.96. The summed E-state index contributed by atoms with van der Waals surface area (Å²) in [5.74, 6) is -0.934. The Hall–Kier alpha value is -1.16. The van der Waals surface area contributed by atoms with E-state index in [1.807, 2.05) is 6.08 Å². The molecule has 1 N–H and O–H groups in total. The smallest absolute Gasteiger partial charge is 0.335 e. The van der Waals surface area contributed by atoms with Gasteiger partial charge < -0.3 is 5.11 Å². The molecular weight excluding hydrogens is 234 g/mol. The van der Waals surface area contributed by atoms with Crippen molar-refractivity contribution in [3.63, 3.8) is 0 Å². The van der Waals surface area contributed by atoms with Gasteiger partial charge in [0.05, 0.1) is 11.3 Å². The maximum Gasteiger partial charge on any atom is 0.335 e. The zero-order chi connectivity index (χ0) is 9.68. The van der Waals surface area contributed by atoms with Crippen molar-refractivity contribution in [2.75, 3.05) is 5.33 Å². The molecule has 4 heteroatoms. The average molecular weight is 242 g/mol. The second-order valence-electron chi connectivity index (χ2n) is 2.33. The molecule has 0 aliphatic carbocycles. The van der Waals surface area contributed by atoms with Crippen molar-refractivity contribution in [2.45, 2.75) is 0 Å². The standard InChI is InChI=1S/C9H8BrNO2/c10-4-1-2-8-6-7(9(12)13)3-5-11-8/h1-3,5-6H,4H2,(H,12,13). The van der Waals surface area contributed by atoms with E-state index >= 15 is 0 Å². The van der Waals surface area contributed by atoms with Crippen LogP contribution in [-0.4, -0.2) is 21.4 Å². The lowest BCUT2D eigenvalue weighted by Gasteiger charge is -1.94. The molecule has 0 radical (unpaired) electrons. The monoisotopic (exact) mass is 241 g/mol. The van der Waals surface area contributed by atoms with Crippen molar-refractivity contribution >= 4 is 28.0 Å². The molecular formula is C9H8BrNO2. The first-order valence-electron chi connectivity index (χ1n) is 3.66. The van der Waals surface area contributed by atoms with Crippen LogP contribution in [0.25, 0.3) is 6.08 Å². The molecule has 13 heavy (non-hydrogen) atoms. The van der Waals surface area contributed by atoms with Crippen molar-refractivity contribution in [1.82, 2.24) is 4.98 Å². The van der Waals surface area contributed by atoms with Crippen LogP contribution in [0.15, 0.2) is 24.4 Å². The van der Waals surface area contributed by atoms with Gasteiger partial charge in [0, 0.05) is 11.5 Å². The second-order valence-corrected chi connectivity index (χ2v) is 2.98. The number of aromatic carboxylic acids is 1. The van der Waals surface area contributed by atoms with Gasteiger partial charge in [-0.2, -0.15) is 0 Å². The summed E-state index contributed by atoms with van der Waals surface area (Å²) in [6.45, 7) is 0. The molecule has 0 spiro atoms. The van der Waals surface area contributed by atoms with E-state index in [9.17, 15) is 4.79 Å². The number of carboxylic acids is 1. The molecule has 1 aromatic rings. The van der Waals surface area contributed by atoms with E-state index in [2.05, 4.69) is 20.9 Å². The highest BCUT2D eigenvalue weighted by molar-refractivity contribution is 9.09. The molecule has 1 aromatic heterocycles. The van der Waals surface area contributed by atoms with E-state index in [4.69, 9.17) is 5.11 Å². The molecule has 0 aromatic carbocycles. The fourth-order valence-corrected chi connectivity index (χ4v) is 1.02. The molecule has 3 nitrogen and oxygen atoms in total. The predicted octanol–water partition coefficient (Wildman–Crippen LogP) is 2.19. The van der Waals surface area contributed by atoms with Gasteiger partial charge >= 0.3 is 5.97 Å². The zero-order valence-electron chi connectivity index (χ0n) is 6.77. The second kappa shape index (κ2) is 4.77. The van der Waals surface area contributed by atoms with Gasteiger partial charge in [0.25, 0.3) is 0 Å². The van der Waals surface area contributed by atoms with E-state index in [0.29, 0.717) is 5.69 Å². The van der Waals surface area contributed by atoms with Gasteiger partial charge in [0.15, 0.2) is 0 Å². The number of hydrogen-bond donors (Lipinski definition) is 1. The van der Waals surface area contributed by atoms with Crippen LogP contribution in [0.2, 0.25) is 0 Å². The number of carbonyl (C=O) groups is 1. The number of nitrogens with zero attached hydrogens (tertiary/aromatic N) is 1. The van der Waals surface area contributed by atoms with Crippen molar-refractivity contribution in [1.29, 1.82) is 0 Å². The number of carboxylic acid groups (broad SMARTS) is 1. The summed E-state index contributed by atoms with van der Waals surface area (Å²) in [5, 5.41) is 9.40. The van der Waals surface area contributed by atoms with E-state index in [0.717, 1.165) is 5.33 Å². The predicted molar refractivity (Wildman–Crippen MR) is 54.0 cm³/mol. The normalized spacial score (nSPS) is 10.5. The van der Waals surface area contributed by atoms with Crippen LogP contribution in [-0.2, 0) is 0 Å². The van der Waals surface area contributed by atoms with E-state index < -0.39 is 5.97 Å². The van der Waals surface area contributed by atoms with Gasteiger partial charge in [-0.3, -0.25) is 4.98 Å². The van der Waals surface area contributed by atoms with E-state index in [1.165, 1.54) is 18.3 Å². The molecule has 1 heterocycles. The maximum absolute atomic E-state index is 10.6. The molecule has 0 aliphatic rings. The summed E-state index contributed by atoms with van der Waals surface area (Å²) in [6.07, 6.45) is 5.10. The molecule has 0 amide bonds. The summed E-state index contributed by atoms with van der Waals surface area (Å²) in [7, 11) is 0. The fourth-order valence-electron chi connectivity index (χ4n) is 0.838. The number of alkyl halides is 1. The number of halogens is 1. The number of allylic oxidation sites excluding steroid dienone is 1. The van der Waals surface area contributed by atoms with Gasteiger partial charge in [-0.15, -0.1) is 0 Å². The Morgan fingerprint density at radius 3 is 3.08 bits per heavy atom. The molecule has 0 bridgehead atoms. The summed E-state index contributed by atoms with van der Waals surface area (Å²) >= 11 is 3.22. The average Bonchev–Trinajstić information content (AvgIpc) is 2.15. The highest BCUT2D eigenvalue weighted by atomic mass is 79.9. The Morgan fingerprint density at radius 2 is 2.46 bits per heavy atom. The third kappa shape index (κ3) is 2.99. The molecule has 0 unspecified atom stereocenters. The van der Waals surface area contributed by atoms with Gasteiger partial charge in [0.1, 0.15) is 0 Å². The highest BCUT2D eigenvalue weighted by Gasteiger charge is 2.01. The molecule has 0 saturated carbocycles. The Balaban J connectivity index is 2.92. The molecule has 68 valence electrons. The van der Waals surface area contributed by atoms with Crippen LogP contribution in [0.3, 0.4) is 0 Å². The van der Waals surface area contributed by atoms with Crippen LogP contribution in [0.4, 0.5) is 0 Å². The SMILES string of the molecule is O=C(O)c1ccnc(C=CCBr)c1. The highest BCUT2D eigenvalue weighted by Crippen LogP contribution is 2.03. The van der Waals surface area contributed by atoms with Gasteiger partial charge in [0.2, 0.25) is 0 Å². The van der Waals surface area contributed by atoms with Crippen molar-refractivity contribution in [3.8, 4) is 0 Å². The van der Waals surface area contributed by atoms with Crippen molar-refractivity contribution in [2.24, 2.45) is 0 Å². The fraction of sp³-hybridized carbons (Fsp3) is 0.111. The Bertz CT molecular complexity index is 336. The third-order valence-corrected chi connectivity index (χ3v) is 1.78. The minimum absolute atomic E-state index is 0.254. The topological polar surface area (TPSA) is 50.2 Å². The number of hydrogen-bond acceptors (Lipinski definition) is 2. The largest absolute Gasteiger partial charge is 0.478 e. The maximum atomic E-state index is 10.6. The van der Waals surface area contributed by atoms with Crippen molar-refractivity contribution in [3.05, 3.63) is 35.7 Å². The summed E-state index contributed by atoms with van der Waals surface area (Å²) in [5.41, 5.74) is 0.906. The van der Waals surface area contributed by atoms with Crippen LogP contribution in [0, 0.1) is 0 Å². The van der Waals surface area contributed by atoms with E-state index in [-0.39, 0.29) is 5.56 Å². The summed E-state index contributed by atoms with van der Waals surface area (Å²) < 4.78 is 0. The number of pyridine rings is 1. The first-order valence-corrected chi connectivity index (χ1v) is 4.78. The van der Waals surface area contributed by atoms with Crippen LogP contribution < -0.4 is 0 Å². The molecule has 0 atom stereocenters. The van der Waals surface area contributed by atoms with Gasteiger partial charge in [-0.1, -0.05) is 22.0 Å². The van der Waals surface area contributed by atoms with E-state index in [1.54, 1.807) is 6.08 Å². The molecule has 0 saturated heterocycles. The zero-order valence-corrected chi connectivity index (χ0v) is 8.36. The Morgan fingerprint density at radius 1 is 1.69 bits per heavy atom. The first kappa shape index (κ1) is 9.92. The minimum Gasteiger partial charge on any atom is -0.478 e. The van der Waals surface area contributed by atoms with Crippen LogP contribution in [0.1, 0.15) is 16.1 Å². The lowest BCUT2D eigenvalue weighted by atomic mass is 10.2. The molecule has 0 aliphatic heterocycles. The summed E-state index contributed by atoms with van der Waals surface area (Å²) in [4.78, 5) is 14.6. The van der Waals surface area contributed by atoms with Crippen LogP contribution >= 0.6 is 15.9 Å². The third-order valence-electron chi connectivity index (χ3n) is 1.41. The Labute approximate surface area is 84.2 Å². The van der Waals surface area contributed by atoms with Gasteiger partial charge in [-0.05, 0) is 18.2 Å². The minimum atomic E-state index is -0.934.